The minimum Gasteiger partial charge on any atom is -0.339 e. The predicted octanol–water partition coefficient (Wildman–Crippen LogP) is 3.11. The molecule has 1 aromatic carbocycles. The number of benzene rings is 1. The summed E-state index contributed by atoms with van der Waals surface area (Å²) in [4.78, 5) is 24.7. The molecule has 4 aromatic rings. The van der Waals surface area contributed by atoms with Crippen molar-refractivity contribution in [3.63, 3.8) is 0 Å². The quantitative estimate of drug-likeness (QED) is 0.427. The Morgan fingerprint density at radius 3 is 2.97 bits per heavy atom. The lowest BCUT2D eigenvalue weighted by Gasteiger charge is -2.07. The van der Waals surface area contributed by atoms with Gasteiger partial charge in [0.1, 0.15) is 6.33 Å². The number of amides is 1. The fraction of sp³-hybridized carbons (Fsp3) is 0.158. The van der Waals surface area contributed by atoms with E-state index < -0.39 is 0 Å². The largest absolute Gasteiger partial charge is 0.339 e. The Bertz CT molecular complexity index is 1070. The number of nitrogens with one attached hydrogen (secondary N) is 2. The SMILES string of the molecule is O=C(CCc1nc(-c2ncn[nH]2)no1)Nc1cccc(CSc2ccccn2)c1. The van der Waals surface area contributed by atoms with Crippen molar-refractivity contribution in [1.82, 2.24) is 30.3 Å². The summed E-state index contributed by atoms with van der Waals surface area (Å²) in [5, 5.41) is 14.1. The van der Waals surface area contributed by atoms with E-state index in [4.69, 9.17) is 4.52 Å². The van der Waals surface area contributed by atoms with Crippen LogP contribution in [0, 0.1) is 0 Å². The molecule has 2 N–H and O–H groups in total. The molecule has 3 aromatic heterocycles. The Balaban J connectivity index is 1.28. The highest BCUT2D eigenvalue weighted by Crippen LogP contribution is 2.22. The van der Waals surface area contributed by atoms with Gasteiger partial charge in [0, 0.05) is 30.5 Å². The van der Waals surface area contributed by atoms with Crippen molar-refractivity contribution in [2.45, 2.75) is 23.6 Å². The first-order valence-corrected chi connectivity index (χ1v) is 9.86. The van der Waals surface area contributed by atoms with Gasteiger partial charge in [-0.25, -0.2) is 9.97 Å². The Morgan fingerprint density at radius 1 is 1.17 bits per heavy atom. The highest BCUT2D eigenvalue weighted by atomic mass is 32.2. The van der Waals surface area contributed by atoms with Crippen LogP contribution in [-0.4, -0.2) is 36.2 Å². The number of hydrogen-bond donors (Lipinski definition) is 2. The molecule has 29 heavy (non-hydrogen) atoms. The highest BCUT2D eigenvalue weighted by molar-refractivity contribution is 7.98. The molecule has 146 valence electrons. The van der Waals surface area contributed by atoms with E-state index >= 15 is 0 Å². The van der Waals surface area contributed by atoms with E-state index in [2.05, 4.69) is 35.6 Å². The first-order chi connectivity index (χ1) is 14.3. The number of H-pyrrole nitrogens is 1. The van der Waals surface area contributed by atoms with Crippen molar-refractivity contribution in [2.24, 2.45) is 0 Å². The molecule has 1 amide bonds. The lowest BCUT2D eigenvalue weighted by atomic mass is 10.2. The van der Waals surface area contributed by atoms with Gasteiger partial charge in [-0.1, -0.05) is 23.4 Å². The molecule has 0 unspecified atom stereocenters. The van der Waals surface area contributed by atoms with Crippen molar-refractivity contribution >= 4 is 23.4 Å². The van der Waals surface area contributed by atoms with Gasteiger partial charge in [0.25, 0.3) is 0 Å². The monoisotopic (exact) mass is 407 g/mol. The number of anilines is 1. The second-order valence-electron chi connectivity index (χ2n) is 6.05. The van der Waals surface area contributed by atoms with Crippen LogP contribution >= 0.6 is 11.8 Å². The minimum atomic E-state index is -0.126. The third-order valence-electron chi connectivity index (χ3n) is 3.90. The normalized spacial score (nSPS) is 10.8. The zero-order chi connectivity index (χ0) is 19.9. The van der Waals surface area contributed by atoms with Crippen LogP contribution < -0.4 is 5.32 Å². The fourth-order valence-corrected chi connectivity index (χ4v) is 3.34. The number of nitrogens with zero attached hydrogens (tertiary/aromatic N) is 5. The predicted molar refractivity (Wildman–Crippen MR) is 107 cm³/mol. The van der Waals surface area contributed by atoms with E-state index in [0.717, 1.165) is 22.0 Å². The molecule has 0 aliphatic rings. The van der Waals surface area contributed by atoms with E-state index in [0.29, 0.717) is 24.0 Å². The number of pyridine rings is 1. The Kier molecular flexibility index (Phi) is 5.91. The molecule has 3 heterocycles. The van der Waals surface area contributed by atoms with Crippen molar-refractivity contribution in [2.75, 3.05) is 5.32 Å². The van der Waals surface area contributed by atoms with E-state index in [1.807, 2.05) is 42.5 Å². The molecule has 4 rings (SSSR count). The summed E-state index contributed by atoms with van der Waals surface area (Å²) in [6.07, 6.45) is 3.70. The van der Waals surface area contributed by atoms with Crippen molar-refractivity contribution in [3.05, 3.63) is 66.4 Å². The molecule has 0 fully saturated rings. The van der Waals surface area contributed by atoms with E-state index in [9.17, 15) is 4.79 Å². The number of aryl methyl sites for hydroxylation is 1. The second kappa shape index (κ2) is 9.11. The lowest BCUT2D eigenvalue weighted by molar-refractivity contribution is -0.116. The summed E-state index contributed by atoms with van der Waals surface area (Å²) in [6.45, 7) is 0. The molecule has 0 radical (unpaired) electrons. The van der Waals surface area contributed by atoms with E-state index in [1.54, 1.807) is 18.0 Å². The van der Waals surface area contributed by atoms with Crippen LogP contribution in [0.2, 0.25) is 0 Å². The average Bonchev–Trinajstić information content (AvgIpc) is 3.44. The zero-order valence-electron chi connectivity index (χ0n) is 15.3. The van der Waals surface area contributed by atoms with E-state index in [-0.39, 0.29) is 12.3 Å². The first-order valence-electron chi connectivity index (χ1n) is 8.87. The maximum atomic E-state index is 12.3. The molecule has 0 saturated heterocycles. The summed E-state index contributed by atoms with van der Waals surface area (Å²) >= 11 is 1.65. The number of hydrogen-bond acceptors (Lipinski definition) is 8. The maximum absolute atomic E-state index is 12.3. The third kappa shape index (κ3) is 5.26. The highest BCUT2D eigenvalue weighted by Gasteiger charge is 2.12. The Hall–Kier alpha value is -3.53. The third-order valence-corrected chi connectivity index (χ3v) is 4.91. The van der Waals surface area contributed by atoms with Crippen LogP contribution in [0.15, 0.2) is 64.5 Å². The van der Waals surface area contributed by atoms with Gasteiger partial charge in [0.05, 0.1) is 5.03 Å². The second-order valence-corrected chi connectivity index (χ2v) is 7.05. The van der Waals surface area contributed by atoms with Gasteiger partial charge >= 0.3 is 0 Å². The lowest BCUT2D eigenvalue weighted by Crippen LogP contribution is -2.12. The minimum absolute atomic E-state index is 0.126. The topological polar surface area (TPSA) is 122 Å². The zero-order valence-corrected chi connectivity index (χ0v) is 16.1. The average molecular weight is 407 g/mol. The number of aromatic nitrogens is 6. The molecular weight excluding hydrogens is 390 g/mol. The van der Waals surface area contributed by atoms with Gasteiger partial charge in [-0.3, -0.25) is 9.89 Å². The number of rotatable bonds is 8. The van der Waals surface area contributed by atoms with Crippen LogP contribution in [0.25, 0.3) is 11.6 Å². The van der Waals surface area contributed by atoms with Crippen LogP contribution in [-0.2, 0) is 17.0 Å². The molecule has 0 bridgehead atoms. The summed E-state index contributed by atoms with van der Waals surface area (Å²) < 4.78 is 5.14. The van der Waals surface area contributed by atoms with Crippen molar-refractivity contribution in [1.29, 1.82) is 0 Å². The van der Waals surface area contributed by atoms with E-state index in [1.165, 1.54) is 6.33 Å². The van der Waals surface area contributed by atoms with Gasteiger partial charge in [-0.15, -0.1) is 11.8 Å². The number of thioether (sulfide) groups is 1. The number of carbonyl (C=O) groups is 1. The Labute approximate surface area is 170 Å². The molecule has 0 saturated carbocycles. The molecule has 0 aliphatic heterocycles. The summed E-state index contributed by atoms with van der Waals surface area (Å²) in [6, 6.07) is 13.6. The van der Waals surface area contributed by atoms with Crippen LogP contribution in [0.1, 0.15) is 17.9 Å². The van der Waals surface area contributed by atoms with Crippen molar-refractivity contribution < 1.29 is 9.32 Å². The molecule has 0 spiro atoms. The standard InChI is InChI=1S/C19H17N7O2S/c27-15(7-8-16-24-19(26-28-16)18-21-12-22-25-18)23-14-5-3-4-13(10-14)11-29-17-6-1-2-9-20-17/h1-6,9-10,12H,7-8,11H2,(H,23,27)(H,21,22,25). The number of carbonyl (C=O) groups excluding carboxylic acids is 1. The van der Waals surface area contributed by atoms with Gasteiger partial charge in [0.15, 0.2) is 5.82 Å². The van der Waals surface area contributed by atoms with Crippen LogP contribution in [0.4, 0.5) is 5.69 Å². The molecule has 10 heteroatoms. The molecule has 0 aliphatic carbocycles. The Morgan fingerprint density at radius 2 is 2.14 bits per heavy atom. The van der Waals surface area contributed by atoms with Crippen LogP contribution in [0.3, 0.4) is 0 Å². The smallest absolute Gasteiger partial charge is 0.239 e. The fourth-order valence-electron chi connectivity index (χ4n) is 2.54. The van der Waals surface area contributed by atoms with Gasteiger partial charge in [-0.2, -0.15) is 10.1 Å². The maximum Gasteiger partial charge on any atom is 0.239 e. The first kappa shape index (κ1) is 18.8. The van der Waals surface area contributed by atoms with Crippen molar-refractivity contribution in [3.8, 4) is 11.6 Å². The number of aromatic amines is 1. The molecule has 0 atom stereocenters. The molecular formula is C19H17N7O2S. The van der Waals surface area contributed by atoms with Gasteiger partial charge < -0.3 is 9.84 Å². The summed E-state index contributed by atoms with van der Waals surface area (Å²) in [5.74, 6) is 1.75. The summed E-state index contributed by atoms with van der Waals surface area (Å²) in [7, 11) is 0. The van der Waals surface area contributed by atoms with Crippen LogP contribution in [0.5, 0.6) is 0 Å². The summed E-state index contributed by atoms with van der Waals surface area (Å²) in [5.41, 5.74) is 1.86. The van der Waals surface area contributed by atoms with Gasteiger partial charge in [-0.05, 0) is 29.8 Å². The molecule has 9 nitrogen and oxygen atoms in total. The van der Waals surface area contributed by atoms with Gasteiger partial charge in [0.2, 0.25) is 17.6 Å².